The summed E-state index contributed by atoms with van der Waals surface area (Å²) in [5.74, 6) is -2.37. The Kier molecular flexibility index (Phi) is 5.19. The molecule has 0 aromatic carbocycles. The smallest absolute Gasteiger partial charge is 0.264 e. The fourth-order valence-corrected chi connectivity index (χ4v) is 1.12. The summed E-state index contributed by atoms with van der Waals surface area (Å²) in [6.07, 6.45) is 1.41. The molecule has 0 bridgehead atoms. The molecule has 10 heteroatoms. The molecule has 0 aliphatic rings. The van der Waals surface area contributed by atoms with Crippen LogP contribution < -0.4 is 0 Å². The van der Waals surface area contributed by atoms with Gasteiger partial charge in [-0.1, -0.05) is 0 Å². The predicted octanol–water partition coefficient (Wildman–Crippen LogP) is -1.92. The minimum absolute atomic E-state index is 0.706. The molecule has 0 radical (unpaired) electrons. The lowest BCUT2D eigenvalue weighted by molar-refractivity contribution is -0.138. The molecule has 94 valence electrons. The maximum atomic E-state index is 10.9. The number of hydrogen-bond donors (Lipinski definition) is 0. The normalized spacial score (nSPS) is 12.4. The first-order valence-electron chi connectivity index (χ1n) is 3.76. The Morgan fingerprint density at radius 2 is 1.06 bits per heavy atom. The van der Waals surface area contributed by atoms with Gasteiger partial charge in [0.15, 0.2) is 0 Å². The average Bonchev–Trinajstić information content (AvgIpc) is 2.07. The van der Waals surface area contributed by atoms with Crippen LogP contribution in [0.5, 0.6) is 0 Å². The van der Waals surface area contributed by atoms with Gasteiger partial charge in [-0.3, -0.25) is 18.0 Å². The van der Waals surface area contributed by atoms with Crippen LogP contribution in [0.15, 0.2) is 0 Å². The van der Waals surface area contributed by atoms with Crippen molar-refractivity contribution in [2.24, 2.45) is 0 Å². The van der Waals surface area contributed by atoms with E-state index in [-0.39, 0.29) is 0 Å². The van der Waals surface area contributed by atoms with Gasteiger partial charge >= 0.3 is 0 Å². The second-order valence-electron chi connectivity index (χ2n) is 2.78. The molecule has 8 nitrogen and oxygen atoms in total. The number of carbonyl (C=O) groups is 2. The minimum atomic E-state index is -3.83. The lowest BCUT2D eigenvalue weighted by Crippen LogP contribution is -2.26. The fraction of sp³-hybridized carbons (Fsp3) is 0.667. The molecule has 0 heterocycles. The lowest BCUT2D eigenvalue weighted by atomic mass is 10.3. The third kappa shape index (κ3) is 8.47. The summed E-state index contributed by atoms with van der Waals surface area (Å²) in [6.45, 7) is -1.93. The molecule has 0 saturated heterocycles. The second-order valence-corrected chi connectivity index (χ2v) is 6.07. The zero-order valence-electron chi connectivity index (χ0n) is 8.50. The highest BCUT2D eigenvalue weighted by Gasteiger charge is 2.18. The van der Waals surface area contributed by atoms with Crippen molar-refractivity contribution in [3.05, 3.63) is 0 Å². The maximum Gasteiger partial charge on any atom is 0.264 e. The first kappa shape index (κ1) is 15.2. The van der Waals surface area contributed by atoms with Gasteiger partial charge in [0.25, 0.3) is 20.2 Å². The van der Waals surface area contributed by atoms with Crippen LogP contribution in [0.4, 0.5) is 0 Å². The van der Waals surface area contributed by atoms with Crippen molar-refractivity contribution in [3.63, 3.8) is 0 Å². The third-order valence-corrected chi connectivity index (χ3v) is 2.21. The predicted molar refractivity (Wildman–Crippen MR) is 51.6 cm³/mol. The average molecular weight is 274 g/mol. The molecular weight excluding hydrogens is 264 g/mol. The van der Waals surface area contributed by atoms with E-state index >= 15 is 0 Å². The van der Waals surface area contributed by atoms with Crippen molar-refractivity contribution < 1.29 is 34.8 Å². The van der Waals surface area contributed by atoms with E-state index in [4.69, 9.17) is 0 Å². The molecule has 0 unspecified atom stereocenters. The van der Waals surface area contributed by atoms with Gasteiger partial charge in [-0.25, -0.2) is 0 Å². The Hall–Kier alpha value is -0.840. The van der Waals surface area contributed by atoms with Crippen LogP contribution in [0.3, 0.4) is 0 Å². The zero-order chi connectivity index (χ0) is 13.0. The topological polar surface area (TPSA) is 121 Å². The summed E-state index contributed by atoms with van der Waals surface area (Å²) in [5.41, 5.74) is 0. The molecular formula is C6H10O8S2. The summed E-state index contributed by atoms with van der Waals surface area (Å²) in [5, 5.41) is 0. The third-order valence-electron chi connectivity index (χ3n) is 1.12. The van der Waals surface area contributed by atoms with E-state index in [1.165, 1.54) is 0 Å². The second kappa shape index (κ2) is 5.48. The molecule has 0 fully saturated rings. The van der Waals surface area contributed by atoms with Crippen LogP contribution in [0.1, 0.15) is 0 Å². The lowest BCUT2D eigenvalue weighted by Gasteiger charge is -2.00. The molecule has 0 aromatic rings. The molecule has 16 heavy (non-hydrogen) atoms. The highest BCUT2D eigenvalue weighted by atomic mass is 32.2. The number of hydrogen-bond acceptors (Lipinski definition) is 8. The SMILES string of the molecule is CS(=O)(=O)OCC(=O)C(=O)COS(C)(=O)=O. The van der Waals surface area contributed by atoms with Crippen LogP contribution in [0, 0.1) is 0 Å². The van der Waals surface area contributed by atoms with Gasteiger partial charge in [0.05, 0.1) is 12.5 Å². The molecule has 0 N–H and O–H groups in total. The Labute approximate surface area is 92.8 Å². The van der Waals surface area contributed by atoms with E-state index in [9.17, 15) is 26.4 Å². The molecule has 0 saturated carbocycles. The minimum Gasteiger partial charge on any atom is -0.288 e. The van der Waals surface area contributed by atoms with Gasteiger partial charge in [-0.15, -0.1) is 0 Å². The van der Waals surface area contributed by atoms with Crippen molar-refractivity contribution in [1.82, 2.24) is 0 Å². The van der Waals surface area contributed by atoms with E-state index in [0.29, 0.717) is 12.5 Å². The van der Waals surface area contributed by atoms with Crippen molar-refractivity contribution >= 4 is 31.8 Å². The number of ketones is 2. The van der Waals surface area contributed by atoms with E-state index < -0.39 is 45.0 Å². The van der Waals surface area contributed by atoms with Gasteiger partial charge in [0, 0.05) is 0 Å². The summed E-state index contributed by atoms with van der Waals surface area (Å²) in [7, 11) is -7.66. The van der Waals surface area contributed by atoms with Crippen LogP contribution in [0.2, 0.25) is 0 Å². The molecule has 0 aliphatic heterocycles. The molecule has 0 rings (SSSR count). The zero-order valence-corrected chi connectivity index (χ0v) is 10.1. The van der Waals surface area contributed by atoms with Gasteiger partial charge < -0.3 is 0 Å². The van der Waals surface area contributed by atoms with Gasteiger partial charge in [0.2, 0.25) is 11.6 Å². The van der Waals surface area contributed by atoms with E-state index in [1.54, 1.807) is 0 Å². The Morgan fingerprint density at radius 1 is 0.812 bits per heavy atom. The summed E-state index contributed by atoms with van der Waals surface area (Å²) in [6, 6.07) is 0. The molecule has 0 amide bonds. The first-order valence-corrected chi connectivity index (χ1v) is 7.39. The Balaban J connectivity index is 4.17. The van der Waals surface area contributed by atoms with E-state index in [1.807, 2.05) is 0 Å². The maximum absolute atomic E-state index is 10.9. The van der Waals surface area contributed by atoms with Gasteiger partial charge in [-0.2, -0.15) is 16.8 Å². The van der Waals surface area contributed by atoms with Crippen molar-refractivity contribution in [1.29, 1.82) is 0 Å². The standard InChI is InChI=1S/C6H10O8S2/c1-15(9,10)13-3-5(7)6(8)4-14-16(2,11)12/h3-4H2,1-2H3. The quantitative estimate of drug-likeness (QED) is 0.389. The Bertz CT molecular complexity index is 425. The molecule has 0 aliphatic carbocycles. The molecule has 0 spiro atoms. The highest BCUT2D eigenvalue weighted by molar-refractivity contribution is 7.86. The number of carbonyl (C=O) groups excluding carboxylic acids is 2. The molecule has 0 atom stereocenters. The largest absolute Gasteiger partial charge is 0.288 e. The van der Waals surface area contributed by atoms with Crippen LogP contribution in [-0.4, -0.2) is 54.1 Å². The summed E-state index contributed by atoms with van der Waals surface area (Å²) in [4.78, 5) is 21.8. The van der Waals surface area contributed by atoms with Crippen LogP contribution >= 0.6 is 0 Å². The van der Waals surface area contributed by atoms with Gasteiger partial charge in [0.1, 0.15) is 13.2 Å². The number of rotatable bonds is 7. The Morgan fingerprint density at radius 3 is 1.25 bits per heavy atom. The fourth-order valence-electron chi connectivity index (χ4n) is 0.482. The van der Waals surface area contributed by atoms with Crippen LogP contribution in [-0.2, 0) is 38.2 Å². The van der Waals surface area contributed by atoms with Crippen molar-refractivity contribution in [3.8, 4) is 0 Å². The first-order chi connectivity index (χ1) is 7.01. The highest BCUT2D eigenvalue weighted by Crippen LogP contribution is 1.91. The van der Waals surface area contributed by atoms with Crippen LogP contribution in [0.25, 0.3) is 0 Å². The van der Waals surface area contributed by atoms with E-state index in [0.717, 1.165) is 0 Å². The van der Waals surface area contributed by atoms with Crippen molar-refractivity contribution in [2.75, 3.05) is 25.7 Å². The van der Waals surface area contributed by atoms with Gasteiger partial charge in [-0.05, 0) is 0 Å². The summed E-state index contributed by atoms with van der Waals surface area (Å²) >= 11 is 0. The summed E-state index contributed by atoms with van der Waals surface area (Å²) < 4.78 is 49.9. The molecule has 0 aromatic heterocycles. The monoisotopic (exact) mass is 274 g/mol. The van der Waals surface area contributed by atoms with Crippen molar-refractivity contribution in [2.45, 2.75) is 0 Å². The van der Waals surface area contributed by atoms with E-state index in [2.05, 4.69) is 8.37 Å². The number of Topliss-reactive ketones (excluding diaryl/α,β-unsaturated/α-hetero) is 2.